The molecule has 1 saturated heterocycles. The molecule has 1 atom stereocenters. The predicted octanol–water partition coefficient (Wildman–Crippen LogP) is 1.14. The second kappa shape index (κ2) is 7.45. The van der Waals surface area contributed by atoms with Crippen LogP contribution < -0.4 is 5.32 Å². The van der Waals surface area contributed by atoms with Crippen molar-refractivity contribution in [2.45, 2.75) is 25.3 Å². The predicted molar refractivity (Wildman–Crippen MR) is 66.4 cm³/mol. The number of carboxylic acids is 2. The van der Waals surface area contributed by atoms with Crippen LogP contribution in [0.5, 0.6) is 0 Å². The lowest BCUT2D eigenvalue weighted by molar-refractivity contribution is -0.139. The molecule has 0 unspecified atom stereocenters. The highest BCUT2D eigenvalue weighted by molar-refractivity contribution is 5.73. The van der Waals surface area contributed by atoms with E-state index in [9.17, 15) is 9.59 Å². The molecule has 1 fully saturated rings. The summed E-state index contributed by atoms with van der Waals surface area (Å²) >= 11 is 0. The van der Waals surface area contributed by atoms with Crippen LogP contribution in [0.1, 0.15) is 18.4 Å². The Kier molecular flexibility index (Phi) is 5.87. The molecule has 1 aromatic carbocycles. The molecule has 1 aliphatic rings. The van der Waals surface area contributed by atoms with Crippen molar-refractivity contribution in [2.24, 2.45) is 0 Å². The Labute approximate surface area is 105 Å². The van der Waals surface area contributed by atoms with E-state index in [-0.39, 0.29) is 12.5 Å². The maximum Gasteiger partial charge on any atom is 0.320 e. The summed E-state index contributed by atoms with van der Waals surface area (Å²) in [5.74, 6) is -1.51. The normalized spacial score (nSPS) is 17.7. The minimum absolute atomic E-state index is 0.112. The Morgan fingerprint density at radius 3 is 2.28 bits per heavy atom. The molecule has 0 aromatic heterocycles. The lowest BCUT2D eigenvalue weighted by atomic mass is 10.2. The fourth-order valence-electron chi connectivity index (χ4n) is 1.67. The van der Waals surface area contributed by atoms with E-state index in [1.165, 1.54) is 0 Å². The quantitative estimate of drug-likeness (QED) is 0.749. The highest BCUT2D eigenvalue weighted by Gasteiger charge is 2.20. The van der Waals surface area contributed by atoms with Crippen molar-refractivity contribution in [3.05, 3.63) is 35.9 Å². The van der Waals surface area contributed by atoms with Gasteiger partial charge in [-0.3, -0.25) is 9.59 Å². The standard InChI is InChI=1S/C8H8O2.C5H9NO2/c9-8(10)6-7-4-2-1-3-5-7;7-5(8)4-2-1-3-6-4/h1-5H,6H2,(H,9,10);4,6H,1-3H2,(H,7,8)/t;4-/m.0/s1. The van der Waals surface area contributed by atoms with E-state index in [1.807, 2.05) is 18.2 Å². The summed E-state index contributed by atoms with van der Waals surface area (Å²) in [6, 6.07) is 8.86. The summed E-state index contributed by atoms with van der Waals surface area (Å²) in [4.78, 5) is 20.3. The van der Waals surface area contributed by atoms with Gasteiger partial charge in [0.05, 0.1) is 6.42 Å². The minimum atomic E-state index is -0.786. The van der Waals surface area contributed by atoms with Crippen LogP contribution in [0.3, 0.4) is 0 Å². The Morgan fingerprint density at radius 2 is 1.89 bits per heavy atom. The highest BCUT2D eigenvalue weighted by atomic mass is 16.4. The second-order valence-corrected chi connectivity index (χ2v) is 4.04. The molecule has 0 spiro atoms. The van der Waals surface area contributed by atoms with Crippen molar-refractivity contribution in [3.8, 4) is 0 Å². The van der Waals surface area contributed by atoms with Crippen molar-refractivity contribution in [1.29, 1.82) is 0 Å². The molecule has 0 aliphatic carbocycles. The molecule has 0 bridgehead atoms. The van der Waals surface area contributed by atoms with Crippen LogP contribution in [0.25, 0.3) is 0 Å². The molecule has 2 rings (SSSR count). The molecule has 18 heavy (non-hydrogen) atoms. The second-order valence-electron chi connectivity index (χ2n) is 4.04. The van der Waals surface area contributed by atoms with Gasteiger partial charge in [-0.2, -0.15) is 0 Å². The monoisotopic (exact) mass is 251 g/mol. The van der Waals surface area contributed by atoms with Crippen LogP contribution in [0.15, 0.2) is 30.3 Å². The average molecular weight is 251 g/mol. The number of carboxylic acid groups (broad SMARTS) is 2. The van der Waals surface area contributed by atoms with E-state index >= 15 is 0 Å². The van der Waals surface area contributed by atoms with Crippen molar-refractivity contribution in [1.82, 2.24) is 5.32 Å². The third-order valence-electron chi connectivity index (χ3n) is 2.56. The van der Waals surface area contributed by atoms with Gasteiger partial charge in [0.2, 0.25) is 0 Å². The van der Waals surface area contributed by atoms with E-state index in [4.69, 9.17) is 10.2 Å². The van der Waals surface area contributed by atoms with Crippen molar-refractivity contribution in [2.75, 3.05) is 6.54 Å². The number of aliphatic carboxylic acids is 2. The lowest BCUT2D eigenvalue weighted by Crippen LogP contribution is -2.29. The topological polar surface area (TPSA) is 86.6 Å². The highest BCUT2D eigenvalue weighted by Crippen LogP contribution is 2.03. The molecular formula is C13H17NO4. The summed E-state index contributed by atoms with van der Waals surface area (Å²) < 4.78 is 0. The molecule has 0 radical (unpaired) electrons. The summed E-state index contributed by atoms with van der Waals surface area (Å²) in [5.41, 5.74) is 0.843. The van der Waals surface area contributed by atoms with Gasteiger partial charge in [-0.15, -0.1) is 0 Å². The average Bonchev–Trinajstić information content (AvgIpc) is 2.84. The van der Waals surface area contributed by atoms with Crippen molar-refractivity contribution >= 4 is 11.9 Å². The first kappa shape index (κ1) is 14.2. The summed E-state index contributed by atoms with van der Waals surface area (Å²) in [5, 5.41) is 19.6. The number of hydrogen-bond donors (Lipinski definition) is 3. The number of benzene rings is 1. The lowest BCUT2D eigenvalue weighted by Gasteiger charge is -1.99. The van der Waals surface area contributed by atoms with Crippen LogP contribution in [-0.2, 0) is 16.0 Å². The van der Waals surface area contributed by atoms with Gasteiger partial charge in [-0.25, -0.2) is 0 Å². The first-order chi connectivity index (χ1) is 8.59. The van der Waals surface area contributed by atoms with E-state index < -0.39 is 11.9 Å². The summed E-state index contributed by atoms with van der Waals surface area (Å²) in [6.45, 7) is 0.858. The van der Waals surface area contributed by atoms with E-state index in [2.05, 4.69) is 5.32 Å². The number of nitrogens with one attached hydrogen (secondary N) is 1. The fraction of sp³-hybridized carbons (Fsp3) is 0.385. The van der Waals surface area contributed by atoms with Crippen LogP contribution in [-0.4, -0.2) is 34.7 Å². The maximum atomic E-state index is 10.2. The number of hydrogen-bond acceptors (Lipinski definition) is 3. The zero-order chi connectivity index (χ0) is 13.4. The Balaban J connectivity index is 0.000000184. The van der Waals surface area contributed by atoms with Gasteiger partial charge in [0.15, 0.2) is 0 Å². The third kappa shape index (κ3) is 5.45. The van der Waals surface area contributed by atoms with Crippen molar-refractivity contribution < 1.29 is 19.8 Å². The van der Waals surface area contributed by atoms with E-state index in [0.717, 1.165) is 24.9 Å². The van der Waals surface area contributed by atoms with Crippen LogP contribution >= 0.6 is 0 Å². The van der Waals surface area contributed by atoms with Gasteiger partial charge in [-0.05, 0) is 24.9 Å². The summed E-state index contributed by atoms with van der Waals surface area (Å²) in [7, 11) is 0. The molecule has 3 N–H and O–H groups in total. The van der Waals surface area contributed by atoms with Crippen LogP contribution in [0, 0.1) is 0 Å². The van der Waals surface area contributed by atoms with Gasteiger partial charge in [0.1, 0.15) is 6.04 Å². The smallest absolute Gasteiger partial charge is 0.320 e. The molecule has 1 aliphatic heterocycles. The van der Waals surface area contributed by atoms with Crippen LogP contribution in [0.4, 0.5) is 0 Å². The van der Waals surface area contributed by atoms with Gasteiger partial charge in [0.25, 0.3) is 0 Å². The van der Waals surface area contributed by atoms with Crippen LogP contribution in [0.2, 0.25) is 0 Å². The zero-order valence-electron chi connectivity index (χ0n) is 10.0. The first-order valence-corrected chi connectivity index (χ1v) is 5.81. The molecular weight excluding hydrogens is 234 g/mol. The molecule has 1 aromatic rings. The van der Waals surface area contributed by atoms with Gasteiger partial charge in [0, 0.05) is 0 Å². The van der Waals surface area contributed by atoms with Gasteiger partial charge in [-0.1, -0.05) is 30.3 Å². The molecule has 0 amide bonds. The van der Waals surface area contributed by atoms with Crippen molar-refractivity contribution in [3.63, 3.8) is 0 Å². The molecule has 5 nitrogen and oxygen atoms in total. The van der Waals surface area contributed by atoms with Gasteiger partial charge < -0.3 is 15.5 Å². The summed E-state index contributed by atoms with van der Waals surface area (Å²) in [6.07, 6.45) is 1.90. The first-order valence-electron chi connectivity index (χ1n) is 5.81. The number of rotatable bonds is 3. The fourth-order valence-corrected chi connectivity index (χ4v) is 1.67. The maximum absolute atomic E-state index is 10.2. The Morgan fingerprint density at radius 1 is 1.22 bits per heavy atom. The number of carbonyl (C=O) groups is 2. The van der Waals surface area contributed by atoms with Gasteiger partial charge >= 0.3 is 11.9 Å². The molecule has 0 saturated carbocycles. The molecule has 5 heteroatoms. The minimum Gasteiger partial charge on any atom is -0.481 e. The molecule has 1 heterocycles. The Hall–Kier alpha value is -1.88. The molecule has 98 valence electrons. The van der Waals surface area contributed by atoms with E-state index in [1.54, 1.807) is 12.1 Å². The Bertz CT molecular complexity index is 385. The zero-order valence-corrected chi connectivity index (χ0v) is 10.0. The largest absolute Gasteiger partial charge is 0.481 e. The third-order valence-corrected chi connectivity index (χ3v) is 2.56. The SMILES string of the molecule is O=C(O)Cc1ccccc1.O=C(O)[C@@H]1CCCN1. The van der Waals surface area contributed by atoms with E-state index in [0.29, 0.717) is 0 Å².